The molecule has 0 heterocycles. The van der Waals surface area contributed by atoms with Crippen molar-refractivity contribution in [3.05, 3.63) is 107 Å². The molecule has 0 aliphatic heterocycles. The third-order valence-electron chi connectivity index (χ3n) is 4.44. The molecule has 4 nitrogen and oxygen atoms in total. The summed E-state index contributed by atoms with van der Waals surface area (Å²) >= 11 is 5.73. The Bertz CT molecular complexity index is 931. The van der Waals surface area contributed by atoms with E-state index in [9.17, 15) is 14.4 Å². The van der Waals surface area contributed by atoms with Gasteiger partial charge < -0.3 is 5.11 Å². The molecule has 0 aliphatic carbocycles. The monoisotopic (exact) mass is 422 g/mol. The number of halogens is 1. The van der Waals surface area contributed by atoms with E-state index in [0.717, 1.165) is 5.56 Å². The molecule has 0 aromatic heterocycles. The van der Waals surface area contributed by atoms with Crippen LogP contribution in [0.25, 0.3) is 0 Å². The van der Waals surface area contributed by atoms with Gasteiger partial charge in [0.1, 0.15) is 0 Å². The summed E-state index contributed by atoms with van der Waals surface area (Å²) < 4.78 is 0. The van der Waals surface area contributed by atoms with E-state index in [4.69, 9.17) is 16.7 Å². The van der Waals surface area contributed by atoms with E-state index in [1.165, 1.54) is 0 Å². The Hall–Kier alpha value is -3.24. The molecule has 0 radical (unpaired) electrons. The van der Waals surface area contributed by atoms with E-state index < -0.39 is 23.5 Å². The first-order valence-electron chi connectivity index (χ1n) is 9.48. The van der Waals surface area contributed by atoms with Crippen LogP contribution in [0.1, 0.15) is 46.0 Å². The number of carboxylic acid groups (broad SMARTS) is 1. The lowest BCUT2D eigenvalue weighted by molar-refractivity contribution is -0.139. The zero-order valence-corrected chi connectivity index (χ0v) is 17.5. The highest BCUT2D eigenvalue weighted by atomic mass is 35.5. The van der Waals surface area contributed by atoms with Gasteiger partial charge in [-0.15, -0.1) is 0 Å². The van der Waals surface area contributed by atoms with Gasteiger partial charge in [-0.3, -0.25) is 14.4 Å². The number of Topliss-reactive ketones (excluding diaryl/α,β-unsaturated/α-hetero) is 2. The van der Waals surface area contributed by atoms with Gasteiger partial charge >= 0.3 is 5.97 Å². The van der Waals surface area contributed by atoms with Gasteiger partial charge in [0.15, 0.2) is 0 Å². The second-order valence-corrected chi connectivity index (χ2v) is 7.44. The highest BCUT2D eigenvalue weighted by Gasteiger charge is 2.23. The van der Waals surface area contributed by atoms with Crippen molar-refractivity contribution in [3.63, 3.8) is 0 Å². The van der Waals surface area contributed by atoms with Gasteiger partial charge in [0.2, 0.25) is 11.6 Å². The zero-order valence-electron chi connectivity index (χ0n) is 16.8. The van der Waals surface area contributed by atoms with Crippen LogP contribution in [-0.2, 0) is 4.79 Å². The maximum atomic E-state index is 11.8. The molecule has 3 aromatic rings. The minimum Gasteiger partial charge on any atom is -0.481 e. The number of hydrogen-bond donors (Lipinski definition) is 1. The maximum absolute atomic E-state index is 11.8. The first kappa shape index (κ1) is 23.0. The molecule has 3 rings (SSSR count). The molecule has 0 amide bonds. The number of hydrogen-bond acceptors (Lipinski definition) is 3. The van der Waals surface area contributed by atoms with Crippen LogP contribution in [0.3, 0.4) is 0 Å². The third kappa shape index (κ3) is 6.39. The molecule has 5 heteroatoms. The van der Waals surface area contributed by atoms with E-state index in [1.807, 2.05) is 26.0 Å². The van der Waals surface area contributed by atoms with Crippen LogP contribution >= 0.6 is 11.6 Å². The molecule has 0 fully saturated rings. The molecular weight excluding hydrogens is 400 g/mol. The van der Waals surface area contributed by atoms with Crippen LogP contribution < -0.4 is 0 Å². The predicted molar refractivity (Wildman–Crippen MR) is 118 cm³/mol. The SMILES string of the molecule is CC(C)[C@H](C(=O)O)c1ccc(Cl)cc1.O=C(C(=O)c1ccccc1)c1ccccc1. The van der Waals surface area contributed by atoms with Gasteiger partial charge in [-0.25, -0.2) is 0 Å². The summed E-state index contributed by atoms with van der Waals surface area (Å²) in [5, 5.41) is 9.66. The van der Waals surface area contributed by atoms with Crippen LogP contribution in [0.2, 0.25) is 5.02 Å². The summed E-state index contributed by atoms with van der Waals surface area (Å²) in [5.74, 6) is -2.10. The quantitative estimate of drug-likeness (QED) is 0.395. The normalized spacial score (nSPS) is 11.2. The summed E-state index contributed by atoms with van der Waals surface area (Å²) in [6.07, 6.45) is 0. The topological polar surface area (TPSA) is 71.4 Å². The van der Waals surface area contributed by atoms with E-state index in [2.05, 4.69) is 0 Å². The first-order chi connectivity index (χ1) is 14.3. The van der Waals surface area contributed by atoms with Crippen molar-refractivity contribution in [2.45, 2.75) is 19.8 Å². The number of aliphatic carboxylic acids is 1. The van der Waals surface area contributed by atoms with Crippen molar-refractivity contribution in [3.8, 4) is 0 Å². The van der Waals surface area contributed by atoms with E-state index in [0.29, 0.717) is 16.1 Å². The summed E-state index contributed by atoms with van der Waals surface area (Å²) in [6, 6.07) is 24.1. The summed E-state index contributed by atoms with van der Waals surface area (Å²) in [6.45, 7) is 3.79. The van der Waals surface area contributed by atoms with Crippen LogP contribution in [0.4, 0.5) is 0 Å². The summed E-state index contributed by atoms with van der Waals surface area (Å²) in [4.78, 5) is 34.6. The minimum atomic E-state index is -0.790. The molecule has 3 aromatic carbocycles. The molecule has 154 valence electrons. The molecule has 0 bridgehead atoms. The molecule has 0 saturated heterocycles. The number of rotatable bonds is 6. The second kappa shape index (κ2) is 11.1. The molecule has 1 atom stereocenters. The zero-order chi connectivity index (χ0) is 22.1. The maximum Gasteiger partial charge on any atom is 0.311 e. The number of carbonyl (C=O) groups is 3. The van der Waals surface area contributed by atoms with Gasteiger partial charge in [-0.2, -0.15) is 0 Å². The average molecular weight is 423 g/mol. The number of carbonyl (C=O) groups excluding carboxylic acids is 2. The highest BCUT2D eigenvalue weighted by Crippen LogP contribution is 2.25. The highest BCUT2D eigenvalue weighted by molar-refractivity contribution is 6.49. The smallest absolute Gasteiger partial charge is 0.311 e. The van der Waals surface area contributed by atoms with Gasteiger partial charge in [-0.1, -0.05) is 98.2 Å². The van der Waals surface area contributed by atoms with Crippen molar-refractivity contribution in [1.29, 1.82) is 0 Å². The van der Waals surface area contributed by atoms with Crippen LogP contribution in [-0.4, -0.2) is 22.6 Å². The van der Waals surface area contributed by atoms with Crippen molar-refractivity contribution in [2.24, 2.45) is 5.92 Å². The predicted octanol–water partition coefficient (Wildman–Crippen LogP) is 5.92. The fourth-order valence-corrected chi connectivity index (χ4v) is 3.05. The number of carboxylic acids is 1. The van der Waals surface area contributed by atoms with Gasteiger partial charge in [-0.05, 0) is 23.6 Å². The second-order valence-electron chi connectivity index (χ2n) is 7.00. The van der Waals surface area contributed by atoms with E-state index >= 15 is 0 Å². The Labute approximate surface area is 181 Å². The van der Waals surface area contributed by atoms with Crippen molar-refractivity contribution in [2.75, 3.05) is 0 Å². The van der Waals surface area contributed by atoms with Gasteiger partial charge in [0.05, 0.1) is 5.92 Å². The van der Waals surface area contributed by atoms with Crippen LogP contribution in [0, 0.1) is 5.92 Å². The van der Waals surface area contributed by atoms with Crippen molar-refractivity contribution >= 4 is 29.1 Å². The third-order valence-corrected chi connectivity index (χ3v) is 4.69. The van der Waals surface area contributed by atoms with E-state index in [1.54, 1.807) is 72.8 Å². The fourth-order valence-electron chi connectivity index (χ4n) is 2.92. The largest absolute Gasteiger partial charge is 0.481 e. The molecule has 0 spiro atoms. The lowest BCUT2D eigenvalue weighted by Gasteiger charge is -2.16. The Morgan fingerprint density at radius 3 is 1.43 bits per heavy atom. The standard InChI is InChI=1S/C14H10O2.C11H13ClO2/c15-13(11-7-3-1-4-8-11)14(16)12-9-5-2-6-10-12;1-7(2)10(11(13)14)8-3-5-9(12)6-4-8/h1-10H;3-7,10H,1-2H3,(H,13,14)/t;10-/m.0/s1. The molecule has 0 aliphatic rings. The summed E-state index contributed by atoms with van der Waals surface area (Å²) in [5.41, 5.74) is 1.66. The summed E-state index contributed by atoms with van der Waals surface area (Å²) in [7, 11) is 0. The van der Waals surface area contributed by atoms with Crippen LogP contribution in [0.5, 0.6) is 0 Å². The Balaban J connectivity index is 0.000000216. The van der Waals surface area contributed by atoms with Gasteiger partial charge in [0.25, 0.3) is 0 Å². The first-order valence-corrected chi connectivity index (χ1v) is 9.86. The Morgan fingerprint density at radius 1 is 0.700 bits per heavy atom. The van der Waals surface area contributed by atoms with Gasteiger partial charge in [0, 0.05) is 16.1 Å². The Morgan fingerprint density at radius 2 is 1.10 bits per heavy atom. The van der Waals surface area contributed by atoms with Crippen molar-refractivity contribution < 1.29 is 19.5 Å². The lowest BCUT2D eigenvalue weighted by Crippen LogP contribution is -2.17. The molecule has 0 saturated carbocycles. The number of benzene rings is 3. The molecular formula is C25H23ClO4. The molecule has 1 N–H and O–H groups in total. The molecule has 30 heavy (non-hydrogen) atoms. The Kier molecular flexibility index (Phi) is 8.51. The van der Waals surface area contributed by atoms with E-state index in [-0.39, 0.29) is 5.92 Å². The lowest BCUT2D eigenvalue weighted by atomic mass is 9.89. The minimum absolute atomic E-state index is 0.0775. The van der Waals surface area contributed by atoms with Crippen molar-refractivity contribution in [1.82, 2.24) is 0 Å². The number of ketones is 2. The molecule has 0 unspecified atom stereocenters. The fraction of sp³-hybridized carbons (Fsp3) is 0.160. The average Bonchev–Trinajstić information content (AvgIpc) is 2.75. The van der Waals surface area contributed by atoms with Crippen LogP contribution in [0.15, 0.2) is 84.9 Å².